The Labute approximate surface area is 276 Å². The van der Waals surface area contributed by atoms with Crippen LogP contribution in [0.5, 0.6) is 0 Å². The average Bonchev–Trinajstić information content (AvgIpc) is 3.60. The van der Waals surface area contributed by atoms with Crippen LogP contribution in [0.1, 0.15) is 0 Å². The van der Waals surface area contributed by atoms with E-state index in [1.807, 2.05) is 91.3 Å². The number of pyridine rings is 3. The van der Waals surface area contributed by atoms with Gasteiger partial charge >= 0.3 is 0 Å². The third-order valence-electron chi connectivity index (χ3n) is 8.56. The van der Waals surface area contributed by atoms with E-state index in [-0.39, 0.29) is 0 Å². The highest BCUT2D eigenvalue weighted by Gasteiger charge is 2.17. The van der Waals surface area contributed by atoms with Gasteiger partial charge in [-0.1, -0.05) is 78.9 Å². The highest BCUT2D eigenvalue weighted by atomic mass is 16.3. The third kappa shape index (κ3) is 5.02. The van der Waals surface area contributed by atoms with Gasteiger partial charge in [-0.15, -0.1) is 0 Å². The number of benzene rings is 5. The lowest BCUT2D eigenvalue weighted by Crippen LogP contribution is -2.10. The molecule has 0 radical (unpaired) electrons. The molecule has 9 rings (SSSR count). The summed E-state index contributed by atoms with van der Waals surface area (Å²) in [6, 6.07) is 51.4. The van der Waals surface area contributed by atoms with Gasteiger partial charge in [0.2, 0.25) is 5.89 Å². The van der Waals surface area contributed by atoms with Gasteiger partial charge in [-0.3, -0.25) is 9.97 Å². The van der Waals surface area contributed by atoms with E-state index in [0.29, 0.717) is 5.89 Å². The molecule has 226 valence electrons. The molecule has 6 heteroatoms. The van der Waals surface area contributed by atoms with Crippen molar-refractivity contribution < 1.29 is 4.42 Å². The summed E-state index contributed by atoms with van der Waals surface area (Å²) in [5.74, 6) is 0.596. The van der Waals surface area contributed by atoms with Crippen molar-refractivity contribution in [2.75, 3.05) is 4.90 Å². The molecular formula is C42H27N5O. The molecule has 0 aliphatic heterocycles. The van der Waals surface area contributed by atoms with Gasteiger partial charge in [-0.25, -0.2) is 9.97 Å². The largest absolute Gasteiger partial charge is 0.436 e. The van der Waals surface area contributed by atoms with Crippen molar-refractivity contribution in [3.63, 3.8) is 0 Å². The minimum Gasteiger partial charge on any atom is -0.436 e. The molecule has 0 atom stereocenters. The number of nitrogens with zero attached hydrogens (tertiary/aromatic N) is 5. The summed E-state index contributed by atoms with van der Waals surface area (Å²) in [4.78, 5) is 21.5. The van der Waals surface area contributed by atoms with E-state index >= 15 is 0 Å². The van der Waals surface area contributed by atoms with Crippen molar-refractivity contribution in [1.29, 1.82) is 0 Å². The number of fused-ring (bicyclic) bond motifs is 3. The lowest BCUT2D eigenvalue weighted by molar-refractivity contribution is 0.620. The van der Waals surface area contributed by atoms with Crippen LogP contribution in [0.15, 0.2) is 168 Å². The molecule has 6 nitrogen and oxygen atoms in total. The molecule has 0 bridgehead atoms. The Kier molecular flexibility index (Phi) is 6.68. The minimum absolute atomic E-state index is 0.596. The second kappa shape index (κ2) is 11.6. The van der Waals surface area contributed by atoms with Crippen LogP contribution in [-0.2, 0) is 0 Å². The molecule has 0 aliphatic carbocycles. The third-order valence-corrected chi connectivity index (χ3v) is 8.56. The maximum atomic E-state index is 6.05. The minimum atomic E-state index is 0.596. The van der Waals surface area contributed by atoms with Gasteiger partial charge in [0.15, 0.2) is 5.58 Å². The van der Waals surface area contributed by atoms with E-state index in [4.69, 9.17) is 19.4 Å². The normalized spacial score (nSPS) is 11.3. The van der Waals surface area contributed by atoms with Crippen molar-refractivity contribution in [2.45, 2.75) is 0 Å². The predicted octanol–water partition coefficient (Wildman–Crippen LogP) is 10.8. The zero-order valence-corrected chi connectivity index (χ0v) is 25.7. The molecule has 0 aliphatic rings. The van der Waals surface area contributed by atoms with Crippen molar-refractivity contribution in [1.82, 2.24) is 19.9 Å². The summed E-state index contributed by atoms with van der Waals surface area (Å²) in [7, 11) is 0. The summed E-state index contributed by atoms with van der Waals surface area (Å²) in [6.45, 7) is 0. The molecule has 0 unspecified atom stereocenters. The average molecular weight is 618 g/mol. The smallest absolute Gasteiger partial charge is 0.227 e. The SMILES string of the molecule is c1ccc(-c2nc(-c3ccc(N(c4ccc(-c5nc6ccccc6o5)cc4)c4cnc5ccccc5c4)cc3)cc3cccnc23)cc1. The fourth-order valence-corrected chi connectivity index (χ4v) is 6.19. The van der Waals surface area contributed by atoms with Crippen LogP contribution in [0.3, 0.4) is 0 Å². The zero-order valence-electron chi connectivity index (χ0n) is 25.7. The van der Waals surface area contributed by atoms with Gasteiger partial charge in [0.05, 0.1) is 34.3 Å². The fourth-order valence-electron chi connectivity index (χ4n) is 6.19. The number of rotatable bonds is 6. The molecule has 4 aromatic heterocycles. The summed E-state index contributed by atoms with van der Waals surface area (Å²) in [6.07, 6.45) is 3.75. The standard InChI is InChI=1S/C42H27N5O/c1-2-9-29(10-3-1)41-40-32(12-8-24-43-40)26-38(45-41)28-16-20-33(21-17-28)47(35-25-31-11-4-5-13-36(31)44-27-35)34-22-18-30(19-23-34)42-46-37-14-6-7-15-39(37)48-42/h1-27H. The van der Waals surface area contributed by atoms with E-state index in [1.54, 1.807) is 0 Å². The lowest BCUT2D eigenvalue weighted by Gasteiger charge is -2.25. The Morgan fingerprint density at radius 1 is 0.479 bits per heavy atom. The van der Waals surface area contributed by atoms with Crippen LogP contribution < -0.4 is 4.90 Å². The van der Waals surface area contributed by atoms with Crippen LogP contribution in [0.4, 0.5) is 17.1 Å². The van der Waals surface area contributed by atoms with Crippen LogP contribution in [-0.4, -0.2) is 19.9 Å². The first-order valence-corrected chi connectivity index (χ1v) is 15.8. The quantitative estimate of drug-likeness (QED) is 0.185. The van der Waals surface area contributed by atoms with Gasteiger partial charge in [-0.05, 0) is 72.8 Å². The van der Waals surface area contributed by atoms with Crippen molar-refractivity contribution in [2.24, 2.45) is 0 Å². The van der Waals surface area contributed by atoms with E-state index in [2.05, 4.69) is 82.7 Å². The van der Waals surface area contributed by atoms with Gasteiger partial charge in [0.1, 0.15) is 5.52 Å². The molecule has 0 fully saturated rings. The number of hydrogen-bond donors (Lipinski definition) is 0. The number of oxazole rings is 1. The topological polar surface area (TPSA) is 67.9 Å². The molecule has 0 saturated heterocycles. The lowest BCUT2D eigenvalue weighted by atomic mass is 10.0. The Morgan fingerprint density at radius 3 is 1.96 bits per heavy atom. The molecule has 0 amide bonds. The number of aromatic nitrogens is 4. The maximum Gasteiger partial charge on any atom is 0.227 e. The summed E-state index contributed by atoms with van der Waals surface area (Å²) in [5.41, 5.74) is 11.1. The Morgan fingerprint density at radius 2 is 1.17 bits per heavy atom. The predicted molar refractivity (Wildman–Crippen MR) is 193 cm³/mol. The fraction of sp³-hybridized carbons (Fsp3) is 0. The van der Waals surface area contributed by atoms with Crippen LogP contribution >= 0.6 is 0 Å². The number of para-hydroxylation sites is 3. The second-order valence-corrected chi connectivity index (χ2v) is 11.6. The van der Waals surface area contributed by atoms with Gasteiger partial charge in [-0.2, -0.15) is 0 Å². The molecule has 4 heterocycles. The van der Waals surface area contributed by atoms with Crippen molar-refractivity contribution in [3.8, 4) is 34.0 Å². The van der Waals surface area contributed by atoms with Gasteiger partial charge in [0.25, 0.3) is 0 Å². The highest BCUT2D eigenvalue weighted by molar-refractivity contribution is 5.94. The van der Waals surface area contributed by atoms with Crippen LogP contribution in [0.2, 0.25) is 0 Å². The first kappa shape index (κ1) is 27.6. The molecule has 0 N–H and O–H groups in total. The Bertz CT molecular complexity index is 2530. The number of anilines is 3. The summed E-state index contributed by atoms with van der Waals surface area (Å²) < 4.78 is 6.05. The molecule has 0 spiro atoms. The molecule has 0 saturated carbocycles. The van der Waals surface area contributed by atoms with Gasteiger partial charge < -0.3 is 9.32 Å². The van der Waals surface area contributed by atoms with E-state index in [9.17, 15) is 0 Å². The van der Waals surface area contributed by atoms with Crippen LogP contribution in [0, 0.1) is 0 Å². The zero-order chi connectivity index (χ0) is 31.9. The molecule has 48 heavy (non-hydrogen) atoms. The van der Waals surface area contributed by atoms with E-state index < -0.39 is 0 Å². The van der Waals surface area contributed by atoms with Crippen molar-refractivity contribution in [3.05, 3.63) is 164 Å². The summed E-state index contributed by atoms with van der Waals surface area (Å²) >= 11 is 0. The molecular weight excluding hydrogens is 590 g/mol. The summed E-state index contributed by atoms with van der Waals surface area (Å²) in [5, 5.41) is 2.12. The Hall–Kier alpha value is -6.66. The first-order chi connectivity index (χ1) is 23.8. The van der Waals surface area contributed by atoms with Crippen LogP contribution in [0.25, 0.3) is 66.9 Å². The maximum absolute atomic E-state index is 6.05. The first-order valence-electron chi connectivity index (χ1n) is 15.8. The second-order valence-electron chi connectivity index (χ2n) is 11.6. The molecule has 9 aromatic rings. The number of hydrogen-bond acceptors (Lipinski definition) is 6. The van der Waals surface area contributed by atoms with E-state index in [1.165, 1.54) is 0 Å². The van der Waals surface area contributed by atoms with E-state index in [0.717, 1.165) is 78.0 Å². The molecule has 5 aromatic carbocycles. The highest BCUT2D eigenvalue weighted by Crippen LogP contribution is 2.38. The van der Waals surface area contributed by atoms with Crippen molar-refractivity contribution >= 4 is 50.0 Å². The monoisotopic (exact) mass is 617 g/mol. The Balaban J connectivity index is 1.13. The van der Waals surface area contributed by atoms with Gasteiger partial charge in [0, 0.05) is 45.0 Å².